The van der Waals surface area contributed by atoms with Gasteiger partial charge in [0.2, 0.25) is 0 Å². The van der Waals surface area contributed by atoms with Crippen LogP contribution in [0.3, 0.4) is 0 Å². The van der Waals surface area contributed by atoms with Gasteiger partial charge in [0, 0.05) is 51.3 Å². The van der Waals surface area contributed by atoms with Crippen LogP contribution in [-0.4, -0.2) is 90.9 Å². The topological polar surface area (TPSA) is 87.4 Å². The highest BCUT2D eigenvalue weighted by atomic mass is 28.4. The van der Waals surface area contributed by atoms with Crippen LogP contribution >= 0.6 is 0 Å². The number of carbonyl (C=O) groups excluding carboxylic acids is 1. The van der Waals surface area contributed by atoms with Gasteiger partial charge in [-0.05, 0) is 62.7 Å². The highest BCUT2D eigenvalue weighted by Gasteiger charge is 2.37. The molecule has 2 heterocycles. The van der Waals surface area contributed by atoms with E-state index in [1.165, 1.54) is 4.57 Å². The van der Waals surface area contributed by atoms with Gasteiger partial charge in [-0.25, -0.2) is 4.79 Å². The molecule has 36 heavy (non-hydrogen) atoms. The molecule has 8 nitrogen and oxygen atoms in total. The number of aromatic nitrogens is 1. The van der Waals surface area contributed by atoms with Crippen LogP contribution in [0.2, 0.25) is 18.1 Å². The predicted molar refractivity (Wildman–Crippen MR) is 148 cm³/mol. The van der Waals surface area contributed by atoms with Crippen LogP contribution in [0.15, 0.2) is 24.3 Å². The van der Waals surface area contributed by atoms with Crippen LogP contribution in [0.1, 0.15) is 47.1 Å². The van der Waals surface area contributed by atoms with E-state index in [2.05, 4.69) is 43.7 Å². The second-order valence-electron chi connectivity index (χ2n) is 12.4. The quantitative estimate of drug-likeness (QED) is 0.546. The molecule has 2 N–H and O–H groups in total. The summed E-state index contributed by atoms with van der Waals surface area (Å²) in [5.74, 6) is 0. The normalized spacial score (nSPS) is 16.5. The average molecular weight is 518 g/mol. The molecule has 0 unspecified atom stereocenters. The monoisotopic (exact) mass is 517 g/mol. The van der Waals surface area contributed by atoms with Gasteiger partial charge in [-0.2, -0.15) is 0 Å². The lowest BCUT2D eigenvalue weighted by Gasteiger charge is -2.38. The highest BCUT2D eigenvalue weighted by Crippen LogP contribution is 2.36. The lowest BCUT2D eigenvalue weighted by molar-refractivity contribution is 0.0547. The minimum absolute atomic E-state index is 0.102. The molecule has 1 fully saturated rings. The van der Waals surface area contributed by atoms with Gasteiger partial charge in [-0.15, -0.1) is 0 Å². The number of rotatable bonds is 7. The Morgan fingerprint density at radius 1 is 1.00 bits per heavy atom. The summed E-state index contributed by atoms with van der Waals surface area (Å²) < 4.78 is 13.1. The Morgan fingerprint density at radius 3 is 2.17 bits per heavy atom. The minimum atomic E-state index is -1.78. The summed E-state index contributed by atoms with van der Waals surface area (Å²) in [6.07, 6.45) is -0.623. The first kappa shape index (κ1) is 28.9. The van der Waals surface area contributed by atoms with Gasteiger partial charge >= 0.3 is 13.2 Å². The molecule has 1 aliphatic heterocycles. The molecule has 1 saturated heterocycles. The van der Waals surface area contributed by atoms with E-state index in [1.54, 1.807) is 26.8 Å². The Kier molecular flexibility index (Phi) is 8.80. The predicted octanol–water partition coefficient (Wildman–Crippen LogP) is 3.24. The van der Waals surface area contributed by atoms with Crippen LogP contribution in [0.5, 0.6) is 0 Å². The smallest absolute Gasteiger partial charge is 0.443 e. The summed E-state index contributed by atoms with van der Waals surface area (Å²) in [5, 5.41) is 20.7. The number of nitrogens with zero attached hydrogens (tertiary/aromatic N) is 3. The molecule has 0 atom stereocenters. The fourth-order valence-electron chi connectivity index (χ4n) is 4.16. The van der Waals surface area contributed by atoms with Crippen molar-refractivity contribution < 1.29 is 24.0 Å². The number of hydrogen-bond donors (Lipinski definition) is 2. The number of benzene rings is 1. The van der Waals surface area contributed by atoms with Crippen LogP contribution in [0.25, 0.3) is 10.9 Å². The van der Waals surface area contributed by atoms with E-state index in [1.807, 2.05) is 18.2 Å². The highest BCUT2D eigenvalue weighted by molar-refractivity contribution is 6.74. The van der Waals surface area contributed by atoms with Gasteiger partial charge in [0.05, 0.1) is 11.1 Å². The molecule has 1 aromatic carbocycles. The minimum Gasteiger partial charge on any atom is -0.443 e. The third-order valence-corrected chi connectivity index (χ3v) is 11.8. The van der Waals surface area contributed by atoms with Gasteiger partial charge in [0.1, 0.15) is 5.60 Å². The summed E-state index contributed by atoms with van der Waals surface area (Å²) in [6, 6.07) is 7.51. The molecule has 2 aromatic rings. The molecular formula is C26H44BN3O5Si. The SMILES string of the molecule is CC(C)(C)OC(=O)n1c(B(O)O)cc2cc(CN3CCN(CCO[Si](C)(C)C(C)(C)C)CC3)ccc21. The molecule has 10 heteroatoms. The number of ether oxygens (including phenoxy) is 1. The molecule has 0 radical (unpaired) electrons. The Bertz CT molecular complexity index is 1050. The Labute approximate surface area is 217 Å². The van der Waals surface area contributed by atoms with Crippen LogP contribution < -0.4 is 5.59 Å². The number of piperazine rings is 1. The molecule has 0 saturated carbocycles. The summed E-state index contributed by atoms with van der Waals surface area (Å²) in [4.78, 5) is 17.7. The Balaban J connectivity index is 1.60. The second-order valence-corrected chi connectivity index (χ2v) is 17.2. The zero-order valence-corrected chi connectivity index (χ0v) is 24.3. The van der Waals surface area contributed by atoms with Crippen molar-refractivity contribution in [2.45, 2.75) is 71.8 Å². The molecule has 0 amide bonds. The second kappa shape index (κ2) is 11.0. The van der Waals surface area contributed by atoms with Crippen molar-refractivity contribution in [2.75, 3.05) is 39.3 Å². The van der Waals surface area contributed by atoms with E-state index in [-0.39, 0.29) is 10.6 Å². The molecule has 1 aromatic heterocycles. The average Bonchev–Trinajstić information content (AvgIpc) is 3.12. The first-order valence-electron chi connectivity index (χ1n) is 12.9. The summed E-state index contributed by atoms with van der Waals surface area (Å²) in [5.41, 5.74) is 1.13. The van der Waals surface area contributed by atoms with Crippen molar-refractivity contribution in [1.29, 1.82) is 0 Å². The van der Waals surface area contributed by atoms with Crippen molar-refractivity contribution in [3.63, 3.8) is 0 Å². The van der Waals surface area contributed by atoms with E-state index in [0.29, 0.717) is 5.52 Å². The van der Waals surface area contributed by atoms with Crippen LogP contribution in [0.4, 0.5) is 4.79 Å². The number of hydrogen-bond acceptors (Lipinski definition) is 7. The first-order chi connectivity index (χ1) is 16.6. The summed E-state index contributed by atoms with van der Waals surface area (Å²) in [7, 11) is -3.48. The van der Waals surface area contributed by atoms with E-state index < -0.39 is 27.1 Å². The van der Waals surface area contributed by atoms with Gasteiger partial charge in [0.25, 0.3) is 0 Å². The molecule has 0 spiro atoms. The maximum atomic E-state index is 12.8. The largest absolute Gasteiger partial charge is 0.506 e. The fraction of sp³-hybridized carbons (Fsp3) is 0.654. The molecular weight excluding hydrogens is 473 g/mol. The third kappa shape index (κ3) is 7.20. The molecule has 0 aliphatic carbocycles. The van der Waals surface area contributed by atoms with Gasteiger partial charge in [-0.3, -0.25) is 14.4 Å². The lowest BCUT2D eigenvalue weighted by Crippen LogP contribution is -2.48. The fourth-order valence-corrected chi connectivity index (χ4v) is 5.20. The third-order valence-electron chi connectivity index (χ3n) is 7.28. The Morgan fingerprint density at radius 2 is 1.61 bits per heavy atom. The van der Waals surface area contributed by atoms with Gasteiger partial charge in [-0.1, -0.05) is 26.8 Å². The van der Waals surface area contributed by atoms with Crippen molar-refractivity contribution in [3.8, 4) is 0 Å². The lowest BCUT2D eigenvalue weighted by atomic mass is 9.86. The van der Waals surface area contributed by atoms with Crippen LogP contribution in [-0.2, 0) is 15.7 Å². The van der Waals surface area contributed by atoms with E-state index in [4.69, 9.17) is 9.16 Å². The summed E-state index contributed by atoms with van der Waals surface area (Å²) in [6.45, 7) is 23.3. The summed E-state index contributed by atoms with van der Waals surface area (Å²) >= 11 is 0. The van der Waals surface area contributed by atoms with E-state index >= 15 is 0 Å². The molecule has 1 aliphatic rings. The molecule has 200 valence electrons. The zero-order chi connectivity index (χ0) is 26.9. The van der Waals surface area contributed by atoms with Crippen molar-refractivity contribution in [2.24, 2.45) is 0 Å². The van der Waals surface area contributed by atoms with E-state index in [9.17, 15) is 14.8 Å². The van der Waals surface area contributed by atoms with Gasteiger partial charge in [0.15, 0.2) is 8.32 Å². The first-order valence-corrected chi connectivity index (χ1v) is 15.8. The van der Waals surface area contributed by atoms with E-state index in [0.717, 1.165) is 56.8 Å². The van der Waals surface area contributed by atoms with Gasteiger partial charge < -0.3 is 19.2 Å². The van der Waals surface area contributed by atoms with Crippen molar-refractivity contribution in [3.05, 3.63) is 29.8 Å². The maximum Gasteiger partial charge on any atom is 0.506 e. The van der Waals surface area contributed by atoms with Crippen LogP contribution in [0, 0.1) is 0 Å². The molecule has 3 rings (SSSR count). The molecule has 0 bridgehead atoms. The van der Waals surface area contributed by atoms with Crippen molar-refractivity contribution >= 4 is 38.0 Å². The Hall–Kier alpha value is -1.69. The maximum absolute atomic E-state index is 12.8. The number of fused-ring (bicyclic) bond motifs is 1. The zero-order valence-electron chi connectivity index (χ0n) is 23.3. The van der Waals surface area contributed by atoms with Crippen molar-refractivity contribution in [1.82, 2.24) is 14.4 Å². The standard InChI is InChI=1S/C26H44BN3O5Si/c1-25(2,3)35-24(31)30-22-10-9-20(17-21(22)18-23(30)27(32)33)19-29-13-11-28(12-14-29)15-16-34-36(7,8)26(4,5)6/h9-10,17-18,32-33H,11-16,19H2,1-8H3. The number of carbonyl (C=O) groups is 1.